The van der Waals surface area contributed by atoms with Crippen LogP contribution < -0.4 is 5.32 Å². The first kappa shape index (κ1) is 82.3. The number of aliphatic hydroxyl groups is 8. The normalized spacial score (nSPS) is 23.5. The van der Waals surface area contributed by atoms with Crippen molar-refractivity contribution in [2.24, 2.45) is 0 Å². The van der Waals surface area contributed by atoms with E-state index in [0.29, 0.717) is 6.42 Å². The van der Waals surface area contributed by atoms with E-state index >= 15 is 0 Å². The second kappa shape index (κ2) is 59.0. The summed E-state index contributed by atoms with van der Waals surface area (Å²) in [5.74, 6) is -0.238. The number of amides is 1. The SMILES string of the molecule is CC/C=C\C/C=C\C/C=C\C/C=C\C/C=C\C/C=C\CCCCCCCCCCCCCCCCCCC(=O)NC(COC1OC(CO)C(OC2OC(CO)C(O)C(O)C2O)C(O)C1O)C(O)/C=C/CCCCCCCCCCCCCCCCCCCC. The molecule has 0 spiro atoms. The molecular weight excluding hydrogens is 1120 g/mol. The van der Waals surface area contributed by atoms with E-state index in [1.807, 2.05) is 6.08 Å². The molecule has 89 heavy (non-hydrogen) atoms. The summed E-state index contributed by atoms with van der Waals surface area (Å²) in [4.78, 5) is 13.3. The monoisotopic (exact) mass is 1260 g/mol. The molecule has 516 valence electrons. The molecule has 2 fully saturated rings. The maximum Gasteiger partial charge on any atom is 0.220 e. The van der Waals surface area contributed by atoms with Crippen LogP contribution in [0.5, 0.6) is 0 Å². The zero-order valence-corrected chi connectivity index (χ0v) is 56.2. The molecule has 0 aliphatic carbocycles. The molecule has 2 heterocycles. The van der Waals surface area contributed by atoms with Crippen molar-refractivity contribution >= 4 is 5.91 Å². The molecule has 0 aromatic rings. The van der Waals surface area contributed by atoms with Gasteiger partial charge in [-0.1, -0.05) is 298 Å². The first-order chi connectivity index (χ1) is 43.6. The van der Waals surface area contributed by atoms with Crippen molar-refractivity contribution in [1.82, 2.24) is 5.32 Å². The van der Waals surface area contributed by atoms with Crippen molar-refractivity contribution in [2.45, 2.75) is 364 Å². The number of nitrogens with one attached hydrogen (secondary N) is 1. The minimum absolute atomic E-state index is 0.238. The fourth-order valence-electron chi connectivity index (χ4n) is 11.6. The van der Waals surface area contributed by atoms with Crippen LogP contribution in [-0.2, 0) is 23.7 Å². The summed E-state index contributed by atoms with van der Waals surface area (Å²) < 4.78 is 22.9. The number of carbonyl (C=O) groups excluding carboxylic acids is 1. The molecule has 1 amide bonds. The van der Waals surface area contributed by atoms with E-state index in [1.54, 1.807) is 6.08 Å². The topological polar surface area (TPSA) is 228 Å². The van der Waals surface area contributed by atoms with Crippen molar-refractivity contribution in [3.8, 4) is 0 Å². The summed E-state index contributed by atoms with van der Waals surface area (Å²) in [5.41, 5.74) is 0. The van der Waals surface area contributed by atoms with Crippen molar-refractivity contribution < 1.29 is 64.6 Å². The Labute approximate surface area is 541 Å². The summed E-state index contributed by atoms with van der Waals surface area (Å²) in [5, 5.41) is 87.5. The van der Waals surface area contributed by atoms with Crippen LogP contribution in [0.4, 0.5) is 0 Å². The first-order valence-electron chi connectivity index (χ1n) is 36.3. The predicted octanol–water partition coefficient (Wildman–Crippen LogP) is 15.2. The van der Waals surface area contributed by atoms with Crippen LogP contribution in [0.3, 0.4) is 0 Å². The third-order valence-electron chi connectivity index (χ3n) is 17.3. The van der Waals surface area contributed by atoms with Crippen molar-refractivity contribution in [1.29, 1.82) is 0 Å². The average Bonchev–Trinajstić information content (AvgIpc) is 3.62. The highest BCUT2D eigenvalue weighted by atomic mass is 16.7. The standard InChI is InChI=1S/C75H133NO13/c1-3-5-7-9-11-13-15-17-19-21-23-25-26-27-28-29-30-31-32-33-34-35-36-37-38-39-41-43-45-47-49-51-53-55-57-59-67(80)76-63(64(79)58-56-54-52-50-48-46-44-42-40-24-22-20-18-16-14-12-10-8-6-4-2)62-86-74-72(85)70(83)73(66(61-78)88-74)89-75-71(84)69(82)68(81)65(60-77)87-75/h5,7,11,13,17,19,23,25,27-28,30-31,56,58,63-66,68-75,77-79,81-85H,3-4,6,8-10,12,14-16,18,20-22,24,26,29,32-55,57,59-62H2,1-2H3,(H,76,80)/b7-5-,13-11-,19-17-,25-23-,28-27-,31-30-,58-56+. The molecule has 9 N–H and O–H groups in total. The number of unbranched alkanes of at least 4 members (excludes halogenated alkanes) is 34. The van der Waals surface area contributed by atoms with Crippen LogP contribution in [0.1, 0.15) is 290 Å². The lowest BCUT2D eigenvalue weighted by molar-refractivity contribution is -0.359. The van der Waals surface area contributed by atoms with Gasteiger partial charge in [0.05, 0.1) is 32.0 Å². The minimum Gasteiger partial charge on any atom is -0.394 e. The smallest absolute Gasteiger partial charge is 0.220 e. The third-order valence-corrected chi connectivity index (χ3v) is 17.3. The van der Waals surface area contributed by atoms with Gasteiger partial charge in [0.2, 0.25) is 5.91 Å². The van der Waals surface area contributed by atoms with Crippen LogP contribution in [-0.4, -0.2) is 140 Å². The van der Waals surface area contributed by atoms with Gasteiger partial charge in [-0.3, -0.25) is 4.79 Å². The Kier molecular flexibility index (Phi) is 54.5. The maximum absolute atomic E-state index is 13.3. The number of rotatable bonds is 59. The molecule has 0 saturated carbocycles. The summed E-state index contributed by atoms with van der Waals surface area (Å²) in [6, 6.07) is -0.919. The minimum atomic E-state index is -1.79. The average molecular weight is 1260 g/mol. The van der Waals surface area contributed by atoms with Gasteiger partial charge in [-0.25, -0.2) is 0 Å². The quantitative estimate of drug-likeness (QED) is 0.0204. The molecule has 0 radical (unpaired) electrons. The number of ether oxygens (including phenoxy) is 4. The fraction of sp³-hybridized carbons (Fsp3) is 0.800. The molecule has 2 aliphatic heterocycles. The van der Waals surface area contributed by atoms with Crippen molar-refractivity contribution in [3.05, 3.63) is 85.1 Å². The van der Waals surface area contributed by atoms with Gasteiger partial charge in [0.15, 0.2) is 12.6 Å². The Morgan fingerprint density at radius 3 is 1.19 bits per heavy atom. The van der Waals surface area contributed by atoms with Gasteiger partial charge in [-0.05, 0) is 70.6 Å². The van der Waals surface area contributed by atoms with Crippen LogP contribution in [0, 0.1) is 0 Å². The van der Waals surface area contributed by atoms with Gasteiger partial charge in [0.1, 0.15) is 48.8 Å². The fourth-order valence-corrected chi connectivity index (χ4v) is 11.6. The molecule has 14 nitrogen and oxygen atoms in total. The summed E-state index contributed by atoms with van der Waals surface area (Å²) in [7, 11) is 0. The van der Waals surface area contributed by atoms with Gasteiger partial charge >= 0.3 is 0 Å². The number of aliphatic hydroxyl groups excluding tert-OH is 8. The van der Waals surface area contributed by atoms with E-state index in [2.05, 4.69) is 92.1 Å². The van der Waals surface area contributed by atoms with Crippen LogP contribution in [0.25, 0.3) is 0 Å². The lowest BCUT2D eigenvalue weighted by Gasteiger charge is -2.46. The summed E-state index contributed by atoms with van der Waals surface area (Å²) in [6.07, 6.45) is 64.9. The van der Waals surface area contributed by atoms with Crippen LogP contribution >= 0.6 is 0 Å². The van der Waals surface area contributed by atoms with E-state index in [1.165, 1.54) is 186 Å². The molecule has 12 atom stereocenters. The number of hydrogen-bond donors (Lipinski definition) is 9. The second-order valence-electron chi connectivity index (χ2n) is 25.3. The molecule has 2 saturated heterocycles. The second-order valence-corrected chi connectivity index (χ2v) is 25.3. The zero-order chi connectivity index (χ0) is 64.5. The number of allylic oxidation sites excluding steroid dienone is 13. The molecule has 2 aliphatic rings. The van der Waals surface area contributed by atoms with E-state index in [0.717, 1.165) is 77.0 Å². The highest BCUT2D eigenvalue weighted by Crippen LogP contribution is 2.30. The zero-order valence-electron chi connectivity index (χ0n) is 56.2. The Morgan fingerprint density at radius 2 is 0.775 bits per heavy atom. The Morgan fingerprint density at radius 1 is 0.416 bits per heavy atom. The molecule has 0 bridgehead atoms. The Bertz CT molecular complexity index is 1820. The Balaban J connectivity index is 1.64. The van der Waals surface area contributed by atoms with Crippen molar-refractivity contribution in [3.63, 3.8) is 0 Å². The van der Waals surface area contributed by atoms with Crippen LogP contribution in [0.2, 0.25) is 0 Å². The Hall–Kier alpha value is -2.83. The van der Waals surface area contributed by atoms with E-state index in [4.69, 9.17) is 18.9 Å². The number of carbonyl (C=O) groups is 1. The first-order valence-corrected chi connectivity index (χ1v) is 36.3. The maximum atomic E-state index is 13.3. The van der Waals surface area contributed by atoms with Gasteiger partial charge in [-0.15, -0.1) is 0 Å². The van der Waals surface area contributed by atoms with Gasteiger partial charge < -0.3 is 65.1 Å². The lowest BCUT2D eigenvalue weighted by Crippen LogP contribution is -2.65. The molecular formula is C75H133NO13. The summed E-state index contributed by atoms with van der Waals surface area (Å²) in [6.45, 7) is 2.71. The number of hydrogen-bond acceptors (Lipinski definition) is 13. The van der Waals surface area contributed by atoms with Crippen LogP contribution in [0.15, 0.2) is 85.1 Å². The molecule has 0 aromatic carbocycles. The van der Waals surface area contributed by atoms with E-state index < -0.39 is 86.8 Å². The summed E-state index contributed by atoms with van der Waals surface area (Å²) >= 11 is 0. The van der Waals surface area contributed by atoms with Gasteiger partial charge in [-0.2, -0.15) is 0 Å². The van der Waals surface area contributed by atoms with Gasteiger partial charge in [0, 0.05) is 6.42 Å². The molecule has 2 rings (SSSR count). The largest absolute Gasteiger partial charge is 0.394 e. The highest BCUT2D eigenvalue weighted by molar-refractivity contribution is 5.76. The molecule has 12 unspecified atom stereocenters. The third kappa shape index (κ3) is 42.9. The van der Waals surface area contributed by atoms with E-state index in [-0.39, 0.29) is 18.9 Å². The molecule has 14 heteroatoms. The van der Waals surface area contributed by atoms with Gasteiger partial charge in [0.25, 0.3) is 0 Å². The molecule has 0 aromatic heterocycles. The lowest BCUT2D eigenvalue weighted by atomic mass is 9.97. The predicted molar refractivity (Wildman–Crippen MR) is 364 cm³/mol. The van der Waals surface area contributed by atoms with Crippen molar-refractivity contribution in [2.75, 3.05) is 19.8 Å². The highest BCUT2D eigenvalue weighted by Gasteiger charge is 2.51. The van der Waals surface area contributed by atoms with E-state index in [9.17, 15) is 45.6 Å².